The van der Waals surface area contributed by atoms with Gasteiger partial charge >= 0.3 is 0 Å². The number of imide groups is 1. The van der Waals surface area contributed by atoms with Crippen molar-refractivity contribution < 1.29 is 23.1 Å². The lowest BCUT2D eigenvalue weighted by Gasteiger charge is -2.39. The topological polar surface area (TPSA) is 75.9 Å². The van der Waals surface area contributed by atoms with E-state index in [1.807, 2.05) is 0 Å². The molecule has 0 bridgehead atoms. The van der Waals surface area contributed by atoms with E-state index in [0.29, 0.717) is 26.1 Å². The Balaban J connectivity index is 1.26. The summed E-state index contributed by atoms with van der Waals surface area (Å²) in [5, 5.41) is 0. The number of fused-ring (bicyclic) bond motifs is 1. The van der Waals surface area contributed by atoms with Crippen molar-refractivity contribution in [3.05, 3.63) is 35.4 Å². The van der Waals surface area contributed by atoms with Crippen LogP contribution < -0.4 is 5.73 Å². The molecule has 150 valence electrons. The first-order valence-corrected chi connectivity index (χ1v) is 9.87. The molecule has 0 spiro atoms. The molecule has 4 fully saturated rings. The zero-order chi connectivity index (χ0) is 19.6. The molecule has 0 aromatic heterocycles. The lowest BCUT2D eigenvalue weighted by molar-refractivity contribution is -0.141. The van der Waals surface area contributed by atoms with Gasteiger partial charge in [0, 0.05) is 36.8 Å². The Labute approximate surface area is 161 Å². The standard InChI is InChI=1S/C20H23F2N3O3/c21-10-1-4-16(22)13(5-10)18-17(23)6-12(9-28-18)24-7-14-15(8-24)20(27)25(19(14)26)11-2-3-11/h1,4-5,11-12,14-15,17-18H,2-3,6-9,23H2/t12-,14?,15?,17+,18-/m1/s1. The molecule has 8 heteroatoms. The first-order chi connectivity index (χ1) is 13.4. The van der Waals surface area contributed by atoms with Crippen LogP contribution in [0.5, 0.6) is 0 Å². The molecule has 1 aliphatic carbocycles. The maximum absolute atomic E-state index is 14.1. The van der Waals surface area contributed by atoms with Crippen molar-refractivity contribution in [2.75, 3.05) is 19.7 Å². The first kappa shape index (κ1) is 18.1. The zero-order valence-electron chi connectivity index (χ0n) is 15.4. The van der Waals surface area contributed by atoms with Crippen LogP contribution in [0.1, 0.15) is 30.9 Å². The molecule has 3 heterocycles. The molecule has 3 saturated heterocycles. The van der Waals surface area contributed by atoms with Gasteiger partial charge in [-0.2, -0.15) is 0 Å². The number of likely N-dealkylation sites (tertiary alicyclic amines) is 2. The number of ether oxygens (including phenoxy) is 1. The maximum atomic E-state index is 14.1. The first-order valence-electron chi connectivity index (χ1n) is 9.87. The van der Waals surface area contributed by atoms with Gasteiger partial charge in [0.1, 0.15) is 17.7 Å². The van der Waals surface area contributed by atoms with Gasteiger partial charge in [-0.15, -0.1) is 0 Å². The number of rotatable bonds is 3. The summed E-state index contributed by atoms with van der Waals surface area (Å²) in [6.07, 6.45) is 1.67. The Morgan fingerprint density at radius 3 is 2.32 bits per heavy atom. The third kappa shape index (κ3) is 2.86. The lowest BCUT2D eigenvalue weighted by Crippen LogP contribution is -2.50. The predicted octanol–water partition coefficient (Wildman–Crippen LogP) is 1.20. The fraction of sp³-hybridized carbons (Fsp3) is 0.600. The minimum absolute atomic E-state index is 0.0385. The number of nitrogens with two attached hydrogens (primary N) is 1. The number of carbonyl (C=O) groups excluding carboxylic acids is 2. The van der Waals surface area contributed by atoms with Crippen molar-refractivity contribution in [2.45, 2.75) is 43.5 Å². The molecule has 3 aliphatic heterocycles. The van der Waals surface area contributed by atoms with Crippen LogP contribution in [-0.4, -0.2) is 59.4 Å². The number of halogens is 2. The SMILES string of the molecule is N[C@H]1C[C@@H](N2CC3C(=O)N(C4CC4)C(=O)C3C2)CO[C@@H]1c1cc(F)ccc1F. The zero-order valence-corrected chi connectivity index (χ0v) is 15.4. The van der Waals surface area contributed by atoms with Crippen LogP contribution in [0.3, 0.4) is 0 Å². The molecule has 6 nitrogen and oxygen atoms in total. The quantitative estimate of drug-likeness (QED) is 0.784. The Kier molecular flexibility index (Phi) is 4.26. The van der Waals surface area contributed by atoms with Gasteiger partial charge in [-0.3, -0.25) is 19.4 Å². The van der Waals surface area contributed by atoms with E-state index in [1.54, 1.807) is 0 Å². The van der Waals surface area contributed by atoms with E-state index in [2.05, 4.69) is 4.90 Å². The Hall–Kier alpha value is -1.90. The average Bonchev–Trinajstić information content (AvgIpc) is 3.34. The molecular formula is C20H23F2N3O3. The van der Waals surface area contributed by atoms with Crippen molar-refractivity contribution >= 4 is 11.8 Å². The second-order valence-electron chi connectivity index (χ2n) is 8.42. The smallest absolute Gasteiger partial charge is 0.234 e. The summed E-state index contributed by atoms with van der Waals surface area (Å²) >= 11 is 0. The molecule has 0 radical (unpaired) electrons. The summed E-state index contributed by atoms with van der Waals surface area (Å²) in [6.45, 7) is 1.36. The van der Waals surface area contributed by atoms with Crippen LogP contribution in [0, 0.1) is 23.5 Å². The maximum Gasteiger partial charge on any atom is 0.234 e. The summed E-state index contributed by atoms with van der Waals surface area (Å²) in [6, 6.07) is 2.86. The Morgan fingerprint density at radius 2 is 1.71 bits per heavy atom. The van der Waals surface area contributed by atoms with Crippen LogP contribution in [0.2, 0.25) is 0 Å². The number of hydrogen-bond donors (Lipinski definition) is 1. The second kappa shape index (κ2) is 6.57. The van der Waals surface area contributed by atoms with E-state index in [-0.39, 0.29) is 41.3 Å². The molecule has 4 aliphatic rings. The van der Waals surface area contributed by atoms with Crippen LogP contribution >= 0.6 is 0 Å². The second-order valence-corrected chi connectivity index (χ2v) is 8.42. The molecule has 5 rings (SSSR count). The minimum Gasteiger partial charge on any atom is -0.370 e. The van der Waals surface area contributed by atoms with Gasteiger partial charge in [0.25, 0.3) is 0 Å². The Bertz CT molecular complexity index is 807. The minimum atomic E-state index is -0.706. The van der Waals surface area contributed by atoms with Gasteiger partial charge in [-0.1, -0.05) is 0 Å². The summed E-state index contributed by atoms with van der Waals surface area (Å²) in [7, 11) is 0. The summed E-state index contributed by atoms with van der Waals surface area (Å²) < 4.78 is 33.4. The molecule has 28 heavy (non-hydrogen) atoms. The largest absolute Gasteiger partial charge is 0.370 e. The average molecular weight is 391 g/mol. The van der Waals surface area contributed by atoms with Gasteiger partial charge in [-0.25, -0.2) is 8.78 Å². The van der Waals surface area contributed by atoms with Gasteiger partial charge in [0.15, 0.2) is 0 Å². The number of hydrogen-bond acceptors (Lipinski definition) is 5. The van der Waals surface area contributed by atoms with Crippen LogP contribution in [0.4, 0.5) is 8.78 Å². The lowest BCUT2D eigenvalue weighted by atomic mass is 9.93. The molecule has 2 amide bonds. The van der Waals surface area contributed by atoms with Crippen LogP contribution in [-0.2, 0) is 14.3 Å². The highest BCUT2D eigenvalue weighted by Crippen LogP contribution is 2.41. The van der Waals surface area contributed by atoms with Crippen molar-refractivity contribution in [3.8, 4) is 0 Å². The summed E-state index contributed by atoms with van der Waals surface area (Å²) in [5.41, 5.74) is 6.38. The molecule has 1 saturated carbocycles. The highest BCUT2D eigenvalue weighted by Gasteiger charge is 2.56. The highest BCUT2D eigenvalue weighted by atomic mass is 19.1. The van der Waals surface area contributed by atoms with Crippen LogP contribution in [0.25, 0.3) is 0 Å². The third-order valence-electron chi connectivity index (χ3n) is 6.55. The van der Waals surface area contributed by atoms with Crippen molar-refractivity contribution in [3.63, 3.8) is 0 Å². The number of carbonyl (C=O) groups is 2. The van der Waals surface area contributed by atoms with E-state index in [9.17, 15) is 18.4 Å². The van der Waals surface area contributed by atoms with Gasteiger partial charge < -0.3 is 10.5 Å². The monoisotopic (exact) mass is 391 g/mol. The molecule has 5 atom stereocenters. The van der Waals surface area contributed by atoms with E-state index >= 15 is 0 Å². The fourth-order valence-electron chi connectivity index (χ4n) is 4.94. The summed E-state index contributed by atoms with van der Waals surface area (Å²) in [4.78, 5) is 28.8. The number of benzene rings is 1. The van der Waals surface area contributed by atoms with Gasteiger partial charge in [0.05, 0.1) is 18.4 Å². The van der Waals surface area contributed by atoms with Crippen molar-refractivity contribution in [2.24, 2.45) is 17.6 Å². The van der Waals surface area contributed by atoms with E-state index in [4.69, 9.17) is 10.5 Å². The highest BCUT2D eigenvalue weighted by molar-refractivity contribution is 6.06. The van der Waals surface area contributed by atoms with Crippen molar-refractivity contribution in [1.82, 2.24) is 9.80 Å². The molecule has 2 unspecified atom stereocenters. The fourth-order valence-corrected chi connectivity index (χ4v) is 4.94. The molecule has 1 aromatic rings. The number of nitrogens with zero attached hydrogens (tertiary/aromatic N) is 2. The van der Waals surface area contributed by atoms with Gasteiger partial charge in [0.2, 0.25) is 11.8 Å². The van der Waals surface area contributed by atoms with E-state index < -0.39 is 23.8 Å². The van der Waals surface area contributed by atoms with E-state index in [0.717, 1.165) is 31.0 Å². The number of amides is 2. The summed E-state index contributed by atoms with van der Waals surface area (Å²) in [5.74, 6) is -1.70. The van der Waals surface area contributed by atoms with Crippen molar-refractivity contribution in [1.29, 1.82) is 0 Å². The third-order valence-corrected chi connectivity index (χ3v) is 6.55. The molecule has 1 aromatic carbocycles. The molecular weight excluding hydrogens is 368 g/mol. The van der Waals surface area contributed by atoms with Crippen LogP contribution in [0.15, 0.2) is 18.2 Å². The predicted molar refractivity (Wildman–Crippen MR) is 94.9 cm³/mol. The van der Waals surface area contributed by atoms with Gasteiger partial charge in [-0.05, 0) is 37.5 Å². The normalized spacial score (nSPS) is 36.2. The molecule has 2 N–H and O–H groups in total. The van der Waals surface area contributed by atoms with E-state index in [1.165, 1.54) is 4.90 Å². The Morgan fingerprint density at radius 1 is 1.04 bits per heavy atom.